The van der Waals surface area contributed by atoms with Crippen LogP contribution in [0.25, 0.3) is 0 Å². The summed E-state index contributed by atoms with van der Waals surface area (Å²) in [7, 11) is 0. The molecule has 0 aliphatic heterocycles. The van der Waals surface area contributed by atoms with E-state index in [4.69, 9.17) is 0 Å². The third kappa shape index (κ3) is 1.98. The second-order valence-electron chi connectivity index (χ2n) is 2.88. The Morgan fingerprint density at radius 3 is 2.80 bits per heavy atom. The highest BCUT2D eigenvalue weighted by Gasteiger charge is 2.07. The number of nitrogens with zero attached hydrogens (tertiary/aromatic N) is 4. The first-order chi connectivity index (χ1) is 7.27. The molecule has 6 heteroatoms. The van der Waals surface area contributed by atoms with Gasteiger partial charge in [-0.1, -0.05) is 0 Å². The fraction of sp³-hybridized carbons (Fsp3) is 0.111. The lowest BCUT2D eigenvalue weighted by Gasteiger charge is -2.05. The summed E-state index contributed by atoms with van der Waals surface area (Å²) in [5.74, 6) is 0.386. The minimum absolute atomic E-state index is 0.269. The van der Waals surface area contributed by atoms with E-state index in [1.165, 1.54) is 23.3 Å². The van der Waals surface area contributed by atoms with Crippen LogP contribution >= 0.6 is 0 Å². The van der Waals surface area contributed by atoms with Crippen molar-refractivity contribution in [3.63, 3.8) is 0 Å². The summed E-state index contributed by atoms with van der Waals surface area (Å²) in [4.78, 5) is 23.3. The van der Waals surface area contributed by atoms with Crippen molar-refractivity contribution >= 4 is 5.91 Å². The Morgan fingerprint density at radius 1 is 1.33 bits per heavy atom. The zero-order valence-electron chi connectivity index (χ0n) is 8.08. The van der Waals surface area contributed by atoms with Gasteiger partial charge in [0.15, 0.2) is 0 Å². The van der Waals surface area contributed by atoms with Gasteiger partial charge in [-0.3, -0.25) is 15.2 Å². The molecule has 2 heterocycles. The molecule has 0 aliphatic rings. The molecular weight excluding hydrogens is 194 g/mol. The number of carbonyl (C=O) groups excluding carboxylic acids is 1. The first-order valence-electron chi connectivity index (χ1n) is 4.34. The van der Waals surface area contributed by atoms with Crippen molar-refractivity contribution in [3.05, 3.63) is 42.5 Å². The number of rotatable bonds is 2. The summed E-state index contributed by atoms with van der Waals surface area (Å²) >= 11 is 0. The summed E-state index contributed by atoms with van der Waals surface area (Å²) in [6.07, 6.45) is 7.65. The molecule has 0 unspecified atom stereocenters. The lowest BCUT2D eigenvalue weighted by molar-refractivity contribution is 0.100. The smallest absolute Gasteiger partial charge is 0.266 e. The van der Waals surface area contributed by atoms with E-state index in [0.29, 0.717) is 5.82 Å². The molecule has 0 atom stereocenters. The van der Waals surface area contributed by atoms with Crippen molar-refractivity contribution in [2.24, 2.45) is 0 Å². The summed E-state index contributed by atoms with van der Waals surface area (Å²) in [5, 5.41) is 0. The molecule has 15 heavy (non-hydrogen) atoms. The van der Waals surface area contributed by atoms with Gasteiger partial charge in [0, 0.05) is 24.8 Å². The van der Waals surface area contributed by atoms with Crippen LogP contribution in [0.3, 0.4) is 0 Å². The summed E-state index contributed by atoms with van der Waals surface area (Å²) in [6.45, 7) is 1.79. The highest BCUT2D eigenvalue weighted by atomic mass is 16.2. The molecular formula is C9H9N5O. The number of aryl methyl sites for hydroxylation is 1. The van der Waals surface area contributed by atoms with Gasteiger partial charge in [-0.2, -0.15) is 0 Å². The Morgan fingerprint density at radius 2 is 2.20 bits per heavy atom. The molecule has 1 amide bonds. The van der Waals surface area contributed by atoms with E-state index in [-0.39, 0.29) is 11.6 Å². The molecule has 0 spiro atoms. The Balaban J connectivity index is 2.15. The fourth-order valence-electron chi connectivity index (χ4n) is 1.08. The van der Waals surface area contributed by atoms with E-state index in [1.807, 2.05) is 0 Å². The van der Waals surface area contributed by atoms with Crippen molar-refractivity contribution in [2.45, 2.75) is 6.92 Å². The maximum absolute atomic E-state index is 11.6. The quantitative estimate of drug-likeness (QED) is 0.765. The van der Waals surface area contributed by atoms with Gasteiger partial charge in [0.2, 0.25) is 0 Å². The van der Waals surface area contributed by atoms with Gasteiger partial charge in [0.1, 0.15) is 11.5 Å². The third-order valence-corrected chi connectivity index (χ3v) is 1.84. The van der Waals surface area contributed by atoms with Crippen LogP contribution in [0.1, 0.15) is 16.3 Å². The minimum Gasteiger partial charge on any atom is -0.266 e. The molecule has 0 bridgehead atoms. The minimum atomic E-state index is -0.316. The first-order valence-corrected chi connectivity index (χ1v) is 4.34. The van der Waals surface area contributed by atoms with Crippen LogP contribution in [0, 0.1) is 6.92 Å². The standard InChI is InChI=1S/C9H9N5O/c1-7-11-4-5-14(7)13-9(15)8-6-10-2-3-12-8/h2-6H,1H3,(H,13,15). The third-order valence-electron chi connectivity index (χ3n) is 1.84. The van der Waals surface area contributed by atoms with E-state index in [0.717, 1.165) is 0 Å². The van der Waals surface area contributed by atoms with Gasteiger partial charge in [-0.25, -0.2) is 14.6 Å². The lowest BCUT2D eigenvalue weighted by Crippen LogP contribution is -2.24. The monoisotopic (exact) mass is 203 g/mol. The Kier molecular flexibility index (Phi) is 2.40. The van der Waals surface area contributed by atoms with Crippen LogP contribution in [0.5, 0.6) is 0 Å². The average Bonchev–Trinajstić information content (AvgIpc) is 2.66. The lowest BCUT2D eigenvalue weighted by atomic mass is 10.4. The zero-order valence-corrected chi connectivity index (χ0v) is 8.08. The molecule has 0 aromatic carbocycles. The molecule has 2 aromatic heterocycles. The Labute approximate surface area is 86.0 Å². The second-order valence-corrected chi connectivity index (χ2v) is 2.88. The van der Waals surface area contributed by atoms with Crippen LogP contribution in [0.2, 0.25) is 0 Å². The van der Waals surface area contributed by atoms with Crippen LogP contribution in [0.4, 0.5) is 0 Å². The SMILES string of the molecule is Cc1nccn1NC(=O)c1cnccn1. The predicted octanol–water partition coefficient (Wildman–Crippen LogP) is 0.365. The van der Waals surface area contributed by atoms with Crippen molar-refractivity contribution in [3.8, 4) is 0 Å². The van der Waals surface area contributed by atoms with Crippen LogP contribution < -0.4 is 5.43 Å². The van der Waals surface area contributed by atoms with Crippen LogP contribution in [-0.2, 0) is 0 Å². The molecule has 76 valence electrons. The van der Waals surface area contributed by atoms with Gasteiger partial charge in [0.05, 0.1) is 6.20 Å². The number of nitrogens with one attached hydrogen (secondary N) is 1. The Bertz CT molecular complexity index is 464. The summed E-state index contributed by atoms with van der Waals surface area (Å²) in [5.41, 5.74) is 2.89. The molecule has 1 N–H and O–H groups in total. The predicted molar refractivity (Wildman–Crippen MR) is 52.7 cm³/mol. The van der Waals surface area contributed by atoms with Gasteiger partial charge in [0.25, 0.3) is 5.91 Å². The van der Waals surface area contributed by atoms with Crippen LogP contribution in [0.15, 0.2) is 31.0 Å². The number of carbonyl (C=O) groups is 1. The van der Waals surface area contributed by atoms with Gasteiger partial charge >= 0.3 is 0 Å². The maximum Gasteiger partial charge on any atom is 0.290 e. The van der Waals surface area contributed by atoms with E-state index < -0.39 is 0 Å². The molecule has 0 saturated carbocycles. The molecule has 0 aliphatic carbocycles. The van der Waals surface area contributed by atoms with Gasteiger partial charge < -0.3 is 0 Å². The largest absolute Gasteiger partial charge is 0.290 e. The molecule has 0 fully saturated rings. The van der Waals surface area contributed by atoms with E-state index in [1.54, 1.807) is 19.3 Å². The normalized spacial score (nSPS) is 9.93. The second kappa shape index (κ2) is 3.87. The van der Waals surface area contributed by atoms with Crippen molar-refractivity contribution in [1.82, 2.24) is 19.6 Å². The topological polar surface area (TPSA) is 72.7 Å². The summed E-state index contributed by atoms with van der Waals surface area (Å²) < 4.78 is 1.52. The van der Waals surface area contributed by atoms with E-state index in [2.05, 4.69) is 20.4 Å². The Hall–Kier alpha value is -2.24. The molecule has 2 rings (SSSR count). The van der Waals surface area contributed by atoms with Crippen molar-refractivity contribution in [1.29, 1.82) is 0 Å². The number of amides is 1. The number of aromatic nitrogens is 4. The summed E-state index contributed by atoms with van der Waals surface area (Å²) in [6, 6.07) is 0. The number of hydrogen-bond donors (Lipinski definition) is 1. The number of hydrogen-bond acceptors (Lipinski definition) is 4. The highest BCUT2D eigenvalue weighted by Crippen LogP contribution is 1.95. The van der Waals surface area contributed by atoms with Crippen molar-refractivity contribution < 1.29 is 4.79 Å². The van der Waals surface area contributed by atoms with E-state index in [9.17, 15) is 4.79 Å². The van der Waals surface area contributed by atoms with Crippen molar-refractivity contribution in [2.75, 3.05) is 5.43 Å². The first kappa shape index (κ1) is 9.32. The average molecular weight is 203 g/mol. The van der Waals surface area contributed by atoms with Gasteiger partial charge in [-0.05, 0) is 6.92 Å². The zero-order chi connectivity index (χ0) is 10.7. The fourth-order valence-corrected chi connectivity index (χ4v) is 1.08. The number of imidazole rings is 1. The molecule has 6 nitrogen and oxygen atoms in total. The molecule has 2 aromatic rings. The van der Waals surface area contributed by atoms with Gasteiger partial charge in [-0.15, -0.1) is 0 Å². The highest BCUT2D eigenvalue weighted by molar-refractivity contribution is 5.97. The maximum atomic E-state index is 11.6. The van der Waals surface area contributed by atoms with E-state index >= 15 is 0 Å². The van der Waals surface area contributed by atoms with Crippen LogP contribution in [-0.4, -0.2) is 25.5 Å². The molecule has 0 saturated heterocycles. The molecule has 0 radical (unpaired) electrons.